The van der Waals surface area contributed by atoms with Gasteiger partial charge < -0.3 is 10.6 Å². The molecule has 8 nitrogen and oxygen atoms in total. The molecule has 1 aliphatic heterocycles. The van der Waals surface area contributed by atoms with Crippen LogP contribution in [0.1, 0.15) is 67.6 Å². The van der Waals surface area contributed by atoms with Crippen LogP contribution < -0.4 is 10.6 Å². The lowest BCUT2D eigenvalue weighted by Crippen LogP contribution is -2.47. The summed E-state index contributed by atoms with van der Waals surface area (Å²) in [5.41, 5.74) is 0.106. The van der Waals surface area contributed by atoms with Crippen molar-refractivity contribution < 1.29 is 22.8 Å². The van der Waals surface area contributed by atoms with Crippen LogP contribution in [0.25, 0.3) is 5.82 Å². The number of carbonyl (C=O) groups excluding carboxylic acids is 2. The molecule has 2 amide bonds. The summed E-state index contributed by atoms with van der Waals surface area (Å²) >= 11 is 0. The standard InChI is InChI=1S/C23H31F3N6O2/c1-4-9-27-20(33)14-31-10-7-17(8-11-31)30-22(34)18-13-29-32(21(18)15(2)3)19-6-5-16(12-28-19)23(24,25)26/h5-6,12-13,15,17H,4,7-11,14H2,1-3H3,(H,27,33)(H,30,34). The highest BCUT2D eigenvalue weighted by molar-refractivity contribution is 5.95. The van der Waals surface area contributed by atoms with Gasteiger partial charge in [0.05, 0.1) is 29.6 Å². The molecule has 0 aromatic carbocycles. The SMILES string of the molecule is CCCNC(=O)CN1CCC(NC(=O)c2cnn(-c3ccc(C(F)(F)F)cn3)c2C(C)C)CC1. The fourth-order valence-corrected chi connectivity index (χ4v) is 3.97. The second-order valence-corrected chi connectivity index (χ2v) is 8.79. The van der Waals surface area contributed by atoms with E-state index in [0.29, 0.717) is 37.4 Å². The summed E-state index contributed by atoms with van der Waals surface area (Å²) in [6.07, 6.45) is 0.0470. The summed E-state index contributed by atoms with van der Waals surface area (Å²) in [5, 5.41) is 10.2. The number of rotatable bonds is 8. The Bertz CT molecular complexity index is 980. The molecule has 3 rings (SSSR count). The Labute approximate surface area is 196 Å². The van der Waals surface area contributed by atoms with E-state index in [4.69, 9.17) is 0 Å². The number of hydrogen-bond acceptors (Lipinski definition) is 5. The minimum atomic E-state index is -4.48. The number of pyridine rings is 1. The number of likely N-dealkylation sites (tertiary alicyclic amines) is 1. The zero-order chi connectivity index (χ0) is 24.9. The van der Waals surface area contributed by atoms with Crippen molar-refractivity contribution in [2.24, 2.45) is 0 Å². The van der Waals surface area contributed by atoms with E-state index in [-0.39, 0.29) is 29.6 Å². The third kappa shape index (κ3) is 6.34. The van der Waals surface area contributed by atoms with Gasteiger partial charge in [-0.15, -0.1) is 0 Å². The Morgan fingerprint density at radius 2 is 1.88 bits per heavy atom. The predicted octanol–water partition coefficient (Wildman–Crippen LogP) is 3.13. The predicted molar refractivity (Wildman–Crippen MR) is 121 cm³/mol. The molecule has 34 heavy (non-hydrogen) atoms. The largest absolute Gasteiger partial charge is 0.417 e. The maximum atomic E-state index is 13.0. The average molecular weight is 481 g/mol. The number of alkyl halides is 3. The van der Waals surface area contributed by atoms with Gasteiger partial charge in [0, 0.05) is 31.9 Å². The molecular weight excluding hydrogens is 449 g/mol. The van der Waals surface area contributed by atoms with E-state index in [1.54, 1.807) is 0 Å². The van der Waals surface area contributed by atoms with E-state index in [2.05, 4.69) is 25.6 Å². The van der Waals surface area contributed by atoms with E-state index < -0.39 is 11.7 Å². The third-order valence-electron chi connectivity index (χ3n) is 5.75. The maximum Gasteiger partial charge on any atom is 0.417 e. The lowest BCUT2D eigenvalue weighted by molar-refractivity contribution is -0.137. The van der Waals surface area contributed by atoms with Crippen LogP contribution in [0.4, 0.5) is 13.2 Å². The molecule has 1 aliphatic rings. The smallest absolute Gasteiger partial charge is 0.355 e. The van der Waals surface area contributed by atoms with Crippen LogP contribution in [-0.2, 0) is 11.0 Å². The first-order valence-electron chi connectivity index (χ1n) is 11.5. The molecule has 0 radical (unpaired) electrons. The minimum Gasteiger partial charge on any atom is -0.355 e. The van der Waals surface area contributed by atoms with Crippen molar-refractivity contribution in [3.63, 3.8) is 0 Å². The van der Waals surface area contributed by atoms with Gasteiger partial charge in [-0.3, -0.25) is 14.5 Å². The van der Waals surface area contributed by atoms with Gasteiger partial charge in [-0.25, -0.2) is 9.67 Å². The fraction of sp³-hybridized carbons (Fsp3) is 0.565. The summed E-state index contributed by atoms with van der Waals surface area (Å²) < 4.78 is 40.0. The number of amides is 2. The highest BCUT2D eigenvalue weighted by Crippen LogP contribution is 2.29. The zero-order valence-electron chi connectivity index (χ0n) is 19.7. The number of nitrogens with one attached hydrogen (secondary N) is 2. The van der Waals surface area contributed by atoms with Crippen LogP contribution >= 0.6 is 0 Å². The van der Waals surface area contributed by atoms with Crippen molar-refractivity contribution in [2.45, 2.75) is 58.2 Å². The van der Waals surface area contributed by atoms with Crippen LogP contribution in [0.2, 0.25) is 0 Å². The topological polar surface area (TPSA) is 92.2 Å². The van der Waals surface area contributed by atoms with E-state index in [9.17, 15) is 22.8 Å². The molecule has 2 aromatic rings. The van der Waals surface area contributed by atoms with Crippen molar-refractivity contribution in [3.8, 4) is 5.82 Å². The van der Waals surface area contributed by atoms with Crippen molar-refractivity contribution in [1.29, 1.82) is 0 Å². The Morgan fingerprint density at radius 1 is 1.18 bits per heavy atom. The normalized spacial score (nSPS) is 15.5. The first-order valence-corrected chi connectivity index (χ1v) is 11.5. The molecule has 0 aliphatic carbocycles. The van der Waals surface area contributed by atoms with Gasteiger partial charge in [0.25, 0.3) is 5.91 Å². The van der Waals surface area contributed by atoms with Crippen LogP contribution in [0.3, 0.4) is 0 Å². The molecule has 3 heterocycles. The summed E-state index contributed by atoms with van der Waals surface area (Å²) in [6, 6.07) is 2.16. The molecule has 1 fully saturated rings. The number of aromatic nitrogens is 3. The van der Waals surface area contributed by atoms with Crippen molar-refractivity contribution in [2.75, 3.05) is 26.2 Å². The van der Waals surface area contributed by atoms with E-state index in [0.717, 1.165) is 31.5 Å². The Balaban J connectivity index is 1.65. The van der Waals surface area contributed by atoms with Gasteiger partial charge in [-0.05, 0) is 37.3 Å². The summed E-state index contributed by atoms with van der Waals surface area (Å²) in [6.45, 7) is 8.20. The minimum absolute atomic E-state index is 0.00945. The van der Waals surface area contributed by atoms with E-state index >= 15 is 0 Å². The van der Waals surface area contributed by atoms with Crippen LogP contribution in [-0.4, -0.2) is 63.7 Å². The van der Waals surface area contributed by atoms with E-state index in [1.807, 2.05) is 20.8 Å². The van der Waals surface area contributed by atoms with Gasteiger partial charge in [0.1, 0.15) is 0 Å². The van der Waals surface area contributed by atoms with Gasteiger partial charge in [-0.2, -0.15) is 18.3 Å². The Morgan fingerprint density at radius 3 is 2.44 bits per heavy atom. The number of halogens is 3. The lowest BCUT2D eigenvalue weighted by atomic mass is 10.0. The molecule has 1 saturated heterocycles. The van der Waals surface area contributed by atoms with Crippen molar-refractivity contribution in [1.82, 2.24) is 30.3 Å². The second-order valence-electron chi connectivity index (χ2n) is 8.79. The Hall–Kier alpha value is -2.95. The quantitative estimate of drug-likeness (QED) is 0.606. The lowest BCUT2D eigenvalue weighted by Gasteiger charge is -2.31. The molecule has 0 saturated carbocycles. The second kappa shape index (κ2) is 11.0. The molecule has 186 valence electrons. The van der Waals surface area contributed by atoms with Crippen molar-refractivity contribution >= 4 is 11.8 Å². The number of hydrogen-bond donors (Lipinski definition) is 2. The van der Waals surface area contributed by atoms with Crippen LogP contribution in [0.15, 0.2) is 24.5 Å². The van der Waals surface area contributed by atoms with Gasteiger partial charge in [0.2, 0.25) is 5.91 Å². The van der Waals surface area contributed by atoms with Crippen LogP contribution in [0, 0.1) is 0 Å². The highest BCUT2D eigenvalue weighted by Gasteiger charge is 2.31. The number of piperidine rings is 1. The first kappa shape index (κ1) is 25.7. The molecule has 0 spiro atoms. The van der Waals surface area contributed by atoms with Gasteiger partial charge in [0.15, 0.2) is 5.82 Å². The van der Waals surface area contributed by atoms with Gasteiger partial charge in [-0.1, -0.05) is 20.8 Å². The molecular formula is C23H31F3N6O2. The molecule has 0 bridgehead atoms. The van der Waals surface area contributed by atoms with Gasteiger partial charge >= 0.3 is 6.18 Å². The summed E-state index contributed by atoms with van der Waals surface area (Å²) in [7, 11) is 0. The molecule has 11 heteroatoms. The number of carbonyl (C=O) groups is 2. The monoisotopic (exact) mass is 480 g/mol. The maximum absolute atomic E-state index is 13.0. The molecule has 2 N–H and O–H groups in total. The summed E-state index contributed by atoms with van der Waals surface area (Å²) in [5.74, 6) is -0.169. The van der Waals surface area contributed by atoms with E-state index in [1.165, 1.54) is 16.9 Å². The Kier molecular flexibility index (Phi) is 8.29. The third-order valence-corrected chi connectivity index (χ3v) is 5.75. The first-order chi connectivity index (χ1) is 16.1. The fourth-order valence-electron chi connectivity index (χ4n) is 3.97. The summed E-state index contributed by atoms with van der Waals surface area (Å²) in [4.78, 5) is 30.9. The van der Waals surface area contributed by atoms with Crippen molar-refractivity contribution in [3.05, 3.63) is 41.3 Å². The van der Waals surface area contributed by atoms with Crippen LogP contribution in [0.5, 0.6) is 0 Å². The average Bonchev–Trinajstić information content (AvgIpc) is 3.24. The highest BCUT2D eigenvalue weighted by atomic mass is 19.4. The molecule has 0 unspecified atom stereocenters. The molecule has 0 atom stereocenters. The number of nitrogens with zero attached hydrogens (tertiary/aromatic N) is 4. The molecule has 2 aromatic heterocycles. The zero-order valence-corrected chi connectivity index (χ0v) is 19.7.